The lowest BCUT2D eigenvalue weighted by atomic mass is 10.2. The number of nitrogens with zero attached hydrogens (tertiary/aromatic N) is 2. The zero-order valence-electron chi connectivity index (χ0n) is 16.0. The Labute approximate surface area is 174 Å². The molecule has 0 radical (unpaired) electrons. The molecule has 1 aromatic heterocycles. The Balaban J connectivity index is 1.34. The Bertz CT molecular complexity index is 970. The van der Waals surface area contributed by atoms with E-state index in [9.17, 15) is 13.2 Å². The van der Waals surface area contributed by atoms with Crippen LogP contribution in [0, 0.1) is 0 Å². The smallest absolute Gasteiger partial charge is 0.252 e. The quantitative estimate of drug-likeness (QED) is 0.768. The van der Waals surface area contributed by atoms with Crippen LogP contribution in [0.5, 0.6) is 11.5 Å². The SMILES string of the molecule is C[C@H](C(=O)Nc1ccc2c(c1)OCCO2)N1CCN(S(=O)(=O)c2cccs2)CC1. The molecule has 1 atom stereocenters. The van der Waals surface area contributed by atoms with Crippen molar-refractivity contribution in [2.45, 2.75) is 17.2 Å². The van der Waals surface area contributed by atoms with Crippen LogP contribution in [0.25, 0.3) is 0 Å². The molecule has 0 saturated carbocycles. The number of amides is 1. The lowest BCUT2D eigenvalue weighted by Gasteiger charge is -2.36. The van der Waals surface area contributed by atoms with Crippen molar-refractivity contribution in [2.75, 3.05) is 44.7 Å². The molecule has 3 heterocycles. The third-order valence-electron chi connectivity index (χ3n) is 5.10. The first-order valence-corrected chi connectivity index (χ1v) is 11.8. The number of rotatable bonds is 5. The average molecular weight is 438 g/mol. The highest BCUT2D eigenvalue weighted by Gasteiger charge is 2.32. The predicted octanol–water partition coefficient (Wildman–Crippen LogP) is 1.85. The zero-order chi connectivity index (χ0) is 20.4. The molecule has 0 bridgehead atoms. The number of benzene rings is 1. The molecule has 1 saturated heterocycles. The van der Waals surface area contributed by atoms with Crippen LogP contribution in [-0.2, 0) is 14.8 Å². The van der Waals surface area contributed by atoms with Crippen molar-refractivity contribution in [1.29, 1.82) is 0 Å². The van der Waals surface area contributed by atoms with E-state index in [0.29, 0.717) is 60.8 Å². The Hall–Kier alpha value is -2.14. The van der Waals surface area contributed by atoms with E-state index < -0.39 is 10.0 Å². The van der Waals surface area contributed by atoms with Crippen LogP contribution in [0.15, 0.2) is 39.9 Å². The van der Waals surface area contributed by atoms with Crippen molar-refractivity contribution in [3.05, 3.63) is 35.7 Å². The van der Waals surface area contributed by atoms with E-state index in [0.717, 1.165) is 0 Å². The van der Waals surface area contributed by atoms with E-state index in [4.69, 9.17) is 9.47 Å². The molecule has 2 aliphatic heterocycles. The lowest BCUT2D eigenvalue weighted by Crippen LogP contribution is -2.53. The van der Waals surface area contributed by atoms with E-state index in [1.807, 2.05) is 11.8 Å². The molecule has 29 heavy (non-hydrogen) atoms. The maximum Gasteiger partial charge on any atom is 0.252 e. The number of sulfonamides is 1. The van der Waals surface area contributed by atoms with Gasteiger partial charge in [-0.2, -0.15) is 4.31 Å². The molecule has 2 aliphatic rings. The van der Waals surface area contributed by atoms with Gasteiger partial charge in [-0.05, 0) is 30.5 Å². The van der Waals surface area contributed by atoms with Gasteiger partial charge in [0.15, 0.2) is 11.5 Å². The fourth-order valence-corrected chi connectivity index (χ4v) is 5.97. The van der Waals surface area contributed by atoms with Crippen molar-refractivity contribution in [1.82, 2.24) is 9.21 Å². The second-order valence-electron chi connectivity index (χ2n) is 6.90. The highest BCUT2D eigenvalue weighted by Crippen LogP contribution is 2.32. The van der Waals surface area contributed by atoms with E-state index in [-0.39, 0.29) is 11.9 Å². The van der Waals surface area contributed by atoms with Gasteiger partial charge in [0.2, 0.25) is 5.91 Å². The van der Waals surface area contributed by atoms with E-state index in [1.54, 1.807) is 35.7 Å². The van der Waals surface area contributed by atoms with Gasteiger partial charge in [-0.1, -0.05) is 6.07 Å². The number of carbonyl (C=O) groups is 1. The summed E-state index contributed by atoms with van der Waals surface area (Å²) in [6.07, 6.45) is 0. The average Bonchev–Trinajstić information content (AvgIpc) is 3.29. The van der Waals surface area contributed by atoms with Crippen molar-refractivity contribution in [3.63, 3.8) is 0 Å². The molecule has 1 aromatic carbocycles. The first kappa shape index (κ1) is 20.1. The molecule has 1 N–H and O–H groups in total. The third-order valence-corrected chi connectivity index (χ3v) is 8.37. The predicted molar refractivity (Wildman–Crippen MR) is 110 cm³/mol. The number of hydrogen-bond acceptors (Lipinski definition) is 7. The summed E-state index contributed by atoms with van der Waals surface area (Å²) in [4.78, 5) is 14.7. The van der Waals surface area contributed by atoms with Crippen LogP contribution in [0.2, 0.25) is 0 Å². The summed E-state index contributed by atoms with van der Waals surface area (Å²) >= 11 is 1.22. The third kappa shape index (κ3) is 4.25. The highest BCUT2D eigenvalue weighted by molar-refractivity contribution is 7.91. The molecule has 156 valence electrons. The molecule has 0 unspecified atom stereocenters. The first-order valence-electron chi connectivity index (χ1n) is 9.43. The molecule has 1 amide bonds. The summed E-state index contributed by atoms with van der Waals surface area (Å²) in [7, 11) is -3.45. The number of ether oxygens (including phenoxy) is 2. The lowest BCUT2D eigenvalue weighted by molar-refractivity contribution is -0.121. The van der Waals surface area contributed by atoms with Gasteiger partial charge in [-0.15, -0.1) is 11.3 Å². The summed E-state index contributed by atoms with van der Waals surface area (Å²) in [5.74, 6) is 1.15. The molecular formula is C19H23N3O5S2. The minimum Gasteiger partial charge on any atom is -0.486 e. The van der Waals surface area contributed by atoms with Gasteiger partial charge < -0.3 is 14.8 Å². The monoisotopic (exact) mass is 437 g/mol. The minimum absolute atomic E-state index is 0.142. The topological polar surface area (TPSA) is 88.2 Å². The maximum absolute atomic E-state index is 12.7. The number of carbonyl (C=O) groups excluding carboxylic acids is 1. The van der Waals surface area contributed by atoms with Crippen LogP contribution in [0.4, 0.5) is 5.69 Å². The van der Waals surface area contributed by atoms with Gasteiger partial charge in [-0.25, -0.2) is 8.42 Å². The van der Waals surface area contributed by atoms with E-state index >= 15 is 0 Å². The summed E-state index contributed by atoms with van der Waals surface area (Å²) in [5.41, 5.74) is 0.644. The van der Waals surface area contributed by atoms with Crippen LogP contribution in [0.3, 0.4) is 0 Å². The first-order chi connectivity index (χ1) is 13.9. The van der Waals surface area contributed by atoms with Crippen molar-refractivity contribution >= 4 is 33.0 Å². The van der Waals surface area contributed by atoms with Crippen LogP contribution in [-0.4, -0.2) is 69.0 Å². The Kier molecular flexibility index (Phi) is 5.77. The summed E-state index contributed by atoms with van der Waals surface area (Å²) < 4.78 is 38.2. The molecule has 0 aliphatic carbocycles. The number of thiophene rings is 1. The zero-order valence-corrected chi connectivity index (χ0v) is 17.7. The highest BCUT2D eigenvalue weighted by atomic mass is 32.2. The van der Waals surface area contributed by atoms with Crippen LogP contribution < -0.4 is 14.8 Å². The molecule has 10 heteroatoms. The molecule has 0 spiro atoms. The second-order valence-corrected chi connectivity index (χ2v) is 10.0. The second kappa shape index (κ2) is 8.31. The molecular weight excluding hydrogens is 414 g/mol. The minimum atomic E-state index is -3.45. The van der Waals surface area contributed by atoms with Crippen LogP contribution >= 0.6 is 11.3 Å². The van der Waals surface area contributed by atoms with Gasteiger partial charge in [-0.3, -0.25) is 9.69 Å². The Morgan fingerprint density at radius 1 is 1.10 bits per heavy atom. The van der Waals surface area contributed by atoms with E-state index in [2.05, 4.69) is 5.32 Å². The maximum atomic E-state index is 12.7. The van der Waals surface area contributed by atoms with Gasteiger partial charge >= 0.3 is 0 Å². The van der Waals surface area contributed by atoms with Gasteiger partial charge in [0.25, 0.3) is 10.0 Å². The summed E-state index contributed by atoms with van der Waals surface area (Å²) in [6.45, 7) is 4.56. The fourth-order valence-electron chi connectivity index (χ4n) is 3.40. The summed E-state index contributed by atoms with van der Waals surface area (Å²) in [5, 5.41) is 4.66. The normalized spacial score (nSPS) is 18.9. The van der Waals surface area contributed by atoms with Gasteiger partial charge in [0.05, 0.1) is 6.04 Å². The summed E-state index contributed by atoms with van der Waals surface area (Å²) in [6, 6.07) is 8.29. The largest absolute Gasteiger partial charge is 0.486 e. The van der Waals surface area contributed by atoms with Crippen molar-refractivity contribution < 1.29 is 22.7 Å². The molecule has 4 rings (SSSR count). The van der Waals surface area contributed by atoms with Gasteiger partial charge in [0, 0.05) is 37.9 Å². The van der Waals surface area contributed by atoms with E-state index in [1.165, 1.54) is 15.6 Å². The number of fused-ring (bicyclic) bond motifs is 1. The molecule has 2 aromatic rings. The standard InChI is InChI=1S/C19H23N3O5S2/c1-14(19(23)20-15-4-5-16-17(13-15)27-11-10-26-16)21-6-8-22(9-7-21)29(24,25)18-3-2-12-28-18/h2-5,12-14H,6-11H2,1H3,(H,20,23)/t14-/m1/s1. The van der Waals surface area contributed by atoms with Gasteiger partial charge in [0.1, 0.15) is 17.4 Å². The number of anilines is 1. The number of hydrogen-bond donors (Lipinski definition) is 1. The van der Waals surface area contributed by atoms with Crippen molar-refractivity contribution in [3.8, 4) is 11.5 Å². The van der Waals surface area contributed by atoms with Crippen molar-refractivity contribution in [2.24, 2.45) is 0 Å². The molecule has 8 nitrogen and oxygen atoms in total. The molecule has 1 fully saturated rings. The Morgan fingerprint density at radius 2 is 1.83 bits per heavy atom. The fraction of sp³-hybridized carbons (Fsp3) is 0.421. The number of nitrogens with one attached hydrogen (secondary N) is 1. The Morgan fingerprint density at radius 3 is 2.52 bits per heavy atom. The number of piperazine rings is 1. The van der Waals surface area contributed by atoms with Crippen LogP contribution in [0.1, 0.15) is 6.92 Å².